The fourth-order valence-electron chi connectivity index (χ4n) is 4.29. The number of ether oxygens (including phenoxy) is 1. The number of carboxylic acids is 1. The summed E-state index contributed by atoms with van der Waals surface area (Å²) in [6.45, 7) is 3.89. The molecule has 0 saturated heterocycles. The minimum atomic E-state index is -0.998. The highest BCUT2D eigenvalue weighted by molar-refractivity contribution is 5.81. The molecule has 5 heteroatoms. The Bertz CT molecular complexity index is 878. The van der Waals surface area contributed by atoms with Crippen LogP contribution in [-0.2, 0) is 9.53 Å². The summed E-state index contributed by atoms with van der Waals surface area (Å²) < 4.78 is 5.60. The monoisotopic (exact) mass is 421 g/mol. The fraction of sp³-hybridized carbons (Fsp3) is 0.385. The number of hydrogen-bond donors (Lipinski definition) is 1. The second-order valence-electron chi connectivity index (χ2n) is 8.05. The third-order valence-corrected chi connectivity index (χ3v) is 6.01. The van der Waals surface area contributed by atoms with Crippen molar-refractivity contribution in [2.75, 3.05) is 13.7 Å². The van der Waals surface area contributed by atoms with Crippen LogP contribution in [0.15, 0.2) is 61.2 Å². The summed E-state index contributed by atoms with van der Waals surface area (Å²) in [5.74, 6) is -1.04. The highest BCUT2D eigenvalue weighted by Gasteiger charge is 2.31. The topological polar surface area (TPSA) is 66.8 Å². The highest BCUT2D eigenvalue weighted by atomic mass is 16.6. The molecule has 0 fully saturated rings. The van der Waals surface area contributed by atoms with E-state index < -0.39 is 18.1 Å². The molecule has 2 aromatic rings. The van der Waals surface area contributed by atoms with Crippen LogP contribution in [0.25, 0.3) is 11.1 Å². The molecule has 0 saturated carbocycles. The van der Waals surface area contributed by atoms with Crippen LogP contribution in [0.4, 0.5) is 4.79 Å². The first-order valence-electron chi connectivity index (χ1n) is 11.0. The molecule has 0 bridgehead atoms. The number of amides is 1. The maximum atomic E-state index is 12.7. The Kier molecular flexibility index (Phi) is 7.88. The second kappa shape index (κ2) is 10.8. The minimum absolute atomic E-state index is 0.0436. The van der Waals surface area contributed by atoms with Crippen LogP contribution in [0.1, 0.15) is 55.6 Å². The number of unbranched alkanes of at least 4 members (excludes halogenated alkanes) is 4. The zero-order chi connectivity index (χ0) is 22.2. The first kappa shape index (κ1) is 22.6. The number of carboxylic acid groups (broad SMARTS) is 1. The van der Waals surface area contributed by atoms with Crippen molar-refractivity contribution in [2.24, 2.45) is 0 Å². The van der Waals surface area contributed by atoms with Crippen molar-refractivity contribution < 1.29 is 19.4 Å². The number of rotatable bonds is 11. The van der Waals surface area contributed by atoms with Crippen LogP contribution in [0, 0.1) is 0 Å². The first-order valence-corrected chi connectivity index (χ1v) is 11.0. The van der Waals surface area contributed by atoms with E-state index in [0.29, 0.717) is 6.42 Å². The lowest BCUT2D eigenvalue weighted by Crippen LogP contribution is -2.43. The molecular formula is C26H31NO4. The standard InChI is InChI=1S/C26H31NO4/c1-3-4-5-6-7-8-17-24(25(28)29)27(2)26(30)31-18-23-21-15-11-9-13-19(21)20-14-10-12-16-22(20)23/h3,9-16,23-24H,1,4-8,17-18H2,2H3,(H,28,29)/t24-/m0/s1. The summed E-state index contributed by atoms with van der Waals surface area (Å²) in [5.41, 5.74) is 4.58. The number of carbonyl (C=O) groups excluding carboxylic acids is 1. The molecule has 1 aliphatic rings. The molecule has 164 valence electrons. The Morgan fingerprint density at radius 3 is 2.19 bits per heavy atom. The number of aliphatic carboxylic acids is 1. The highest BCUT2D eigenvalue weighted by Crippen LogP contribution is 2.44. The summed E-state index contributed by atoms with van der Waals surface area (Å²) in [6.07, 6.45) is 6.49. The molecule has 3 rings (SSSR count). The van der Waals surface area contributed by atoms with Gasteiger partial charge < -0.3 is 9.84 Å². The Labute approximate surface area is 184 Å². The molecule has 2 aromatic carbocycles. The zero-order valence-corrected chi connectivity index (χ0v) is 18.1. The van der Waals surface area contributed by atoms with Gasteiger partial charge in [-0.1, -0.05) is 73.9 Å². The molecule has 1 aliphatic carbocycles. The van der Waals surface area contributed by atoms with E-state index in [9.17, 15) is 14.7 Å². The molecule has 0 aromatic heterocycles. The lowest BCUT2D eigenvalue weighted by Gasteiger charge is -2.25. The van der Waals surface area contributed by atoms with Crippen LogP contribution < -0.4 is 0 Å². The number of nitrogens with zero attached hydrogens (tertiary/aromatic N) is 1. The molecule has 0 aliphatic heterocycles. The van der Waals surface area contributed by atoms with Gasteiger partial charge in [0.15, 0.2) is 0 Å². The van der Waals surface area contributed by atoms with Crippen molar-refractivity contribution in [1.82, 2.24) is 4.90 Å². The normalized spacial score (nSPS) is 13.2. The van der Waals surface area contributed by atoms with Crippen molar-refractivity contribution in [3.63, 3.8) is 0 Å². The van der Waals surface area contributed by atoms with E-state index in [0.717, 1.165) is 54.4 Å². The number of carbonyl (C=O) groups is 2. The van der Waals surface area contributed by atoms with Gasteiger partial charge >= 0.3 is 12.1 Å². The number of hydrogen-bond acceptors (Lipinski definition) is 3. The second-order valence-corrected chi connectivity index (χ2v) is 8.05. The number of likely N-dealkylation sites (N-methyl/N-ethyl adjacent to an activating group) is 1. The summed E-state index contributed by atoms with van der Waals surface area (Å²) in [6, 6.07) is 15.4. The van der Waals surface area contributed by atoms with Crippen LogP contribution >= 0.6 is 0 Å². The van der Waals surface area contributed by atoms with Crippen molar-refractivity contribution >= 4 is 12.1 Å². The Hall–Kier alpha value is -3.08. The Morgan fingerprint density at radius 1 is 1.03 bits per heavy atom. The predicted molar refractivity (Wildman–Crippen MR) is 122 cm³/mol. The molecule has 1 amide bonds. The largest absolute Gasteiger partial charge is 0.480 e. The molecule has 0 unspecified atom stereocenters. The van der Waals surface area contributed by atoms with E-state index >= 15 is 0 Å². The van der Waals surface area contributed by atoms with E-state index in [1.807, 2.05) is 30.3 Å². The maximum absolute atomic E-state index is 12.7. The smallest absolute Gasteiger partial charge is 0.410 e. The first-order chi connectivity index (χ1) is 15.0. The van der Waals surface area contributed by atoms with Gasteiger partial charge in [0.05, 0.1) is 0 Å². The van der Waals surface area contributed by atoms with Crippen molar-refractivity contribution in [3.8, 4) is 11.1 Å². The molecule has 0 spiro atoms. The summed E-state index contributed by atoms with van der Waals surface area (Å²) >= 11 is 0. The molecule has 1 atom stereocenters. The Morgan fingerprint density at radius 2 is 1.61 bits per heavy atom. The molecule has 0 radical (unpaired) electrons. The van der Waals surface area contributed by atoms with Crippen LogP contribution in [0.5, 0.6) is 0 Å². The van der Waals surface area contributed by atoms with Gasteiger partial charge in [0.25, 0.3) is 0 Å². The molecule has 31 heavy (non-hydrogen) atoms. The number of allylic oxidation sites excluding steroid dienone is 1. The lowest BCUT2D eigenvalue weighted by molar-refractivity contribution is -0.142. The van der Waals surface area contributed by atoms with E-state index in [2.05, 4.69) is 30.8 Å². The average Bonchev–Trinajstić information content (AvgIpc) is 3.10. The minimum Gasteiger partial charge on any atom is -0.480 e. The van der Waals surface area contributed by atoms with Gasteiger partial charge in [0.1, 0.15) is 12.6 Å². The third kappa shape index (κ3) is 5.35. The van der Waals surface area contributed by atoms with Gasteiger partial charge in [-0.05, 0) is 41.5 Å². The van der Waals surface area contributed by atoms with Gasteiger partial charge in [0.2, 0.25) is 0 Å². The molecule has 5 nitrogen and oxygen atoms in total. The third-order valence-electron chi connectivity index (χ3n) is 6.01. The van der Waals surface area contributed by atoms with Gasteiger partial charge in [0, 0.05) is 13.0 Å². The predicted octanol–water partition coefficient (Wildman–Crippen LogP) is 5.85. The van der Waals surface area contributed by atoms with Gasteiger partial charge in [-0.25, -0.2) is 9.59 Å². The SMILES string of the molecule is C=CCCCCCC[C@@H](C(=O)O)N(C)C(=O)OCC1c2ccccc2-c2ccccc21. The van der Waals surface area contributed by atoms with Crippen LogP contribution in [0.3, 0.4) is 0 Å². The number of benzene rings is 2. The molecule has 1 N–H and O–H groups in total. The van der Waals surface area contributed by atoms with E-state index in [1.165, 1.54) is 11.9 Å². The van der Waals surface area contributed by atoms with Gasteiger partial charge in [-0.2, -0.15) is 0 Å². The zero-order valence-electron chi connectivity index (χ0n) is 18.1. The van der Waals surface area contributed by atoms with Crippen molar-refractivity contribution in [2.45, 2.75) is 50.5 Å². The number of fused-ring (bicyclic) bond motifs is 3. The summed E-state index contributed by atoms with van der Waals surface area (Å²) in [7, 11) is 1.51. The quantitative estimate of drug-likeness (QED) is 0.365. The average molecular weight is 422 g/mol. The van der Waals surface area contributed by atoms with E-state index in [1.54, 1.807) is 0 Å². The van der Waals surface area contributed by atoms with Crippen molar-refractivity contribution in [1.29, 1.82) is 0 Å². The Balaban J connectivity index is 1.59. The molecule has 0 heterocycles. The summed E-state index contributed by atoms with van der Waals surface area (Å²) in [4.78, 5) is 25.6. The lowest BCUT2D eigenvalue weighted by atomic mass is 9.98. The summed E-state index contributed by atoms with van der Waals surface area (Å²) in [5, 5.41) is 9.61. The van der Waals surface area contributed by atoms with E-state index in [4.69, 9.17) is 4.74 Å². The van der Waals surface area contributed by atoms with Gasteiger partial charge in [-0.3, -0.25) is 4.90 Å². The van der Waals surface area contributed by atoms with Crippen molar-refractivity contribution in [3.05, 3.63) is 72.3 Å². The molecular weight excluding hydrogens is 390 g/mol. The van der Waals surface area contributed by atoms with Crippen LogP contribution in [0.2, 0.25) is 0 Å². The fourth-order valence-corrected chi connectivity index (χ4v) is 4.29. The van der Waals surface area contributed by atoms with E-state index in [-0.39, 0.29) is 12.5 Å². The van der Waals surface area contributed by atoms with Crippen LogP contribution in [-0.4, -0.2) is 41.8 Å². The maximum Gasteiger partial charge on any atom is 0.410 e. The van der Waals surface area contributed by atoms with Gasteiger partial charge in [-0.15, -0.1) is 6.58 Å².